The molecule has 0 bridgehead atoms. The van der Waals surface area contributed by atoms with Crippen LogP contribution in [0.25, 0.3) is 0 Å². The fourth-order valence-electron chi connectivity index (χ4n) is 1.45. The highest BCUT2D eigenvalue weighted by molar-refractivity contribution is 9.10. The Kier molecular flexibility index (Phi) is 4.13. The Morgan fingerprint density at radius 2 is 2.11 bits per heavy atom. The van der Waals surface area contributed by atoms with E-state index in [1.165, 1.54) is 18.2 Å². The molecule has 1 aromatic rings. The number of benzene rings is 1. The quantitative estimate of drug-likeness (QED) is 0.451. The predicted molar refractivity (Wildman–Crippen MR) is 71.7 cm³/mol. The van der Waals surface area contributed by atoms with Crippen LogP contribution in [0.15, 0.2) is 27.6 Å². The standard InChI is InChI=1S/C10H7BrCl2O5S/c11-7-3-1-2-6(8(7)19(13,15)16)9(14)18-10(12)4-5-17-10/h1-3H,4-5H2. The van der Waals surface area contributed by atoms with Crippen LogP contribution in [-0.2, 0) is 18.5 Å². The fourth-order valence-corrected chi connectivity index (χ4v) is 4.18. The molecule has 1 heterocycles. The third-order valence-corrected chi connectivity index (χ3v) is 5.08. The summed E-state index contributed by atoms with van der Waals surface area (Å²) in [6.45, 7) is 0.371. The highest BCUT2D eigenvalue weighted by Crippen LogP contribution is 2.35. The van der Waals surface area contributed by atoms with E-state index < -0.39 is 20.3 Å². The maximum atomic E-state index is 11.9. The van der Waals surface area contributed by atoms with E-state index in [1.54, 1.807) is 0 Å². The molecule has 2 rings (SSSR count). The lowest BCUT2D eigenvalue weighted by molar-refractivity contribution is -0.220. The second-order valence-electron chi connectivity index (χ2n) is 3.70. The van der Waals surface area contributed by atoms with Crippen molar-refractivity contribution in [3.05, 3.63) is 28.2 Å². The Bertz CT molecular complexity index is 627. The van der Waals surface area contributed by atoms with Crippen molar-refractivity contribution >= 4 is 53.2 Å². The summed E-state index contributed by atoms with van der Waals surface area (Å²) < 4.78 is 33.0. The Labute approximate surface area is 127 Å². The van der Waals surface area contributed by atoms with E-state index in [9.17, 15) is 13.2 Å². The second-order valence-corrected chi connectivity index (χ2v) is 7.64. The minimum absolute atomic E-state index is 0.162. The van der Waals surface area contributed by atoms with Gasteiger partial charge >= 0.3 is 5.97 Å². The van der Waals surface area contributed by atoms with Gasteiger partial charge in [-0.1, -0.05) is 6.07 Å². The van der Waals surface area contributed by atoms with Gasteiger partial charge in [-0.05, 0) is 39.7 Å². The topological polar surface area (TPSA) is 69.7 Å². The maximum absolute atomic E-state index is 11.9. The Morgan fingerprint density at radius 3 is 2.58 bits per heavy atom. The molecule has 0 aliphatic carbocycles. The number of ether oxygens (including phenoxy) is 2. The van der Waals surface area contributed by atoms with Crippen molar-refractivity contribution in [1.29, 1.82) is 0 Å². The number of carbonyl (C=O) groups excluding carboxylic acids is 1. The average Bonchev–Trinajstić information content (AvgIpc) is 2.24. The molecule has 1 aromatic carbocycles. The summed E-state index contributed by atoms with van der Waals surface area (Å²) in [5.41, 5.74) is -0.208. The van der Waals surface area contributed by atoms with E-state index >= 15 is 0 Å². The van der Waals surface area contributed by atoms with Crippen LogP contribution in [0.3, 0.4) is 0 Å². The Hall–Kier alpha value is -0.340. The van der Waals surface area contributed by atoms with Gasteiger partial charge in [0.2, 0.25) is 0 Å². The molecular weight excluding hydrogens is 383 g/mol. The molecule has 0 spiro atoms. The van der Waals surface area contributed by atoms with E-state index in [0.29, 0.717) is 13.0 Å². The van der Waals surface area contributed by atoms with Crippen LogP contribution in [0, 0.1) is 0 Å². The van der Waals surface area contributed by atoms with Gasteiger partial charge in [-0.3, -0.25) is 0 Å². The van der Waals surface area contributed by atoms with Crippen LogP contribution in [0.1, 0.15) is 16.8 Å². The van der Waals surface area contributed by atoms with Gasteiger partial charge in [-0.15, -0.1) is 0 Å². The van der Waals surface area contributed by atoms with Crippen molar-refractivity contribution in [2.24, 2.45) is 0 Å². The first kappa shape index (κ1) is 15.1. The molecule has 1 fully saturated rings. The van der Waals surface area contributed by atoms with Crippen molar-refractivity contribution in [2.45, 2.75) is 16.6 Å². The zero-order valence-electron chi connectivity index (χ0n) is 9.23. The van der Waals surface area contributed by atoms with Crippen LogP contribution in [-0.4, -0.2) is 26.2 Å². The SMILES string of the molecule is O=C(OC1(Cl)CCO1)c1cccc(Br)c1S(=O)(=O)Cl. The number of carbonyl (C=O) groups is 1. The molecule has 1 atom stereocenters. The van der Waals surface area contributed by atoms with Crippen LogP contribution in [0.2, 0.25) is 0 Å². The van der Waals surface area contributed by atoms with E-state index in [2.05, 4.69) is 15.9 Å². The lowest BCUT2D eigenvalue weighted by Gasteiger charge is -2.34. The Balaban J connectivity index is 2.40. The first-order chi connectivity index (χ1) is 8.73. The summed E-state index contributed by atoms with van der Waals surface area (Å²) in [5, 5.41) is -1.52. The molecule has 1 aliphatic heterocycles. The van der Waals surface area contributed by atoms with Gasteiger partial charge in [0.1, 0.15) is 4.90 Å². The second kappa shape index (κ2) is 5.21. The highest BCUT2D eigenvalue weighted by Gasteiger charge is 2.41. The summed E-state index contributed by atoms with van der Waals surface area (Å²) in [5.74, 6) is -0.921. The average molecular weight is 390 g/mol. The number of esters is 1. The lowest BCUT2D eigenvalue weighted by atomic mass is 10.2. The minimum atomic E-state index is -4.11. The molecule has 104 valence electrons. The molecule has 9 heteroatoms. The molecule has 1 unspecified atom stereocenters. The van der Waals surface area contributed by atoms with Crippen molar-refractivity contribution in [1.82, 2.24) is 0 Å². The molecule has 0 radical (unpaired) electrons. The number of hydrogen-bond acceptors (Lipinski definition) is 5. The summed E-state index contributed by atoms with van der Waals surface area (Å²) in [6, 6.07) is 4.21. The van der Waals surface area contributed by atoms with Gasteiger partial charge in [-0.2, -0.15) is 0 Å². The van der Waals surface area contributed by atoms with Crippen molar-refractivity contribution in [3.63, 3.8) is 0 Å². The zero-order valence-corrected chi connectivity index (χ0v) is 13.1. The molecule has 0 aromatic heterocycles. The van der Waals surface area contributed by atoms with E-state index in [4.69, 9.17) is 31.8 Å². The van der Waals surface area contributed by atoms with E-state index in [1.807, 2.05) is 0 Å². The number of rotatable bonds is 3. The first-order valence-corrected chi connectivity index (χ1v) is 8.50. The summed E-state index contributed by atoms with van der Waals surface area (Å²) in [7, 11) is 1.19. The zero-order chi connectivity index (χ0) is 14.3. The molecule has 0 saturated carbocycles. The molecule has 1 aliphatic rings. The van der Waals surface area contributed by atoms with Crippen molar-refractivity contribution < 1.29 is 22.7 Å². The molecule has 0 N–H and O–H groups in total. The maximum Gasteiger partial charge on any atom is 0.343 e. The lowest BCUT2D eigenvalue weighted by Crippen LogP contribution is -2.42. The third kappa shape index (κ3) is 3.22. The molecule has 5 nitrogen and oxygen atoms in total. The van der Waals surface area contributed by atoms with Gasteiger partial charge in [0.05, 0.1) is 18.6 Å². The van der Waals surface area contributed by atoms with Crippen molar-refractivity contribution in [2.75, 3.05) is 6.61 Å². The van der Waals surface area contributed by atoms with E-state index in [0.717, 1.165) is 0 Å². The van der Waals surface area contributed by atoms with Gasteiger partial charge < -0.3 is 9.47 Å². The monoisotopic (exact) mass is 388 g/mol. The largest absolute Gasteiger partial charge is 0.414 e. The van der Waals surface area contributed by atoms with E-state index in [-0.39, 0.29) is 14.9 Å². The first-order valence-electron chi connectivity index (χ1n) is 5.02. The third-order valence-electron chi connectivity index (χ3n) is 2.39. The number of halogens is 3. The molecular formula is C10H7BrCl2O5S. The van der Waals surface area contributed by atoms with Gasteiger partial charge in [-0.25, -0.2) is 13.2 Å². The minimum Gasteiger partial charge on any atom is -0.414 e. The number of hydrogen-bond donors (Lipinski definition) is 0. The molecule has 19 heavy (non-hydrogen) atoms. The summed E-state index contributed by atoms with van der Waals surface area (Å²) >= 11 is 8.83. The van der Waals surface area contributed by atoms with Crippen LogP contribution in [0.5, 0.6) is 0 Å². The highest BCUT2D eigenvalue weighted by atomic mass is 79.9. The van der Waals surface area contributed by atoms with Gasteiger partial charge in [0, 0.05) is 15.2 Å². The number of alkyl halides is 1. The summed E-state index contributed by atoms with van der Waals surface area (Å²) in [4.78, 5) is 11.6. The fraction of sp³-hybridized carbons (Fsp3) is 0.300. The molecule has 0 amide bonds. The van der Waals surface area contributed by atoms with Gasteiger partial charge in [0.25, 0.3) is 14.3 Å². The van der Waals surface area contributed by atoms with Crippen LogP contribution in [0.4, 0.5) is 0 Å². The Morgan fingerprint density at radius 1 is 1.47 bits per heavy atom. The van der Waals surface area contributed by atoms with Crippen LogP contribution >= 0.6 is 38.2 Å². The van der Waals surface area contributed by atoms with Crippen molar-refractivity contribution in [3.8, 4) is 0 Å². The predicted octanol–water partition coefficient (Wildman–Crippen LogP) is 2.85. The normalized spacial score (nSPS) is 22.7. The summed E-state index contributed by atoms with van der Waals surface area (Å²) in [6.07, 6.45) is 0.331. The van der Waals surface area contributed by atoms with Gasteiger partial charge in [0.15, 0.2) is 0 Å². The smallest absolute Gasteiger partial charge is 0.343 e. The van der Waals surface area contributed by atoms with Crippen LogP contribution < -0.4 is 0 Å². The molecule has 1 saturated heterocycles.